The molecule has 2 N–H and O–H groups in total. The van der Waals surface area contributed by atoms with Crippen molar-refractivity contribution in [1.82, 2.24) is 10.0 Å². The van der Waals surface area contributed by atoms with E-state index in [0.717, 1.165) is 0 Å². The largest absolute Gasteiger partial charge is 0.355 e. The lowest BCUT2D eigenvalue weighted by Crippen LogP contribution is -2.33. The van der Waals surface area contributed by atoms with Gasteiger partial charge in [0.1, 0.15) is 0 Å². The second-order valence-corrected chi connectivity index (χ2v) is 7.67. The van der Waals surface area contributed by atoms with Gasteiger partial charge in [-0.15, -0.1) is 0 Å². The van der Waals surface area contributed by atoms with E-state index >= 15 is 0 Å². The van der Waals surface area contributed by atoms with Gasteiger partial charge in [-0.2, -0.15) is 0 Å². The number of carbonyl (C=O) groups excluding carboxylic acids is 1. The Morgan fingerprint density at radius 3 is 2.38 bits per heavy atom. The average molecular weight is 312 g/mol. The molecule has 0 saturated carbocycles. The molecule has 118 valence electrons. The summed E-state index contributed by atoms with van der Waals surface area (Å²) in [5.74, 6) is -0.220. The molecule has 0 spiro atoms. The number of nitrogens with one attached hydrogen (secondary N) is 2. The molecule has 1 aromatic carbocycles. The summed E-state index contributed by atoms with van der Waals surface area (Å²) < 4.78 is 24.7. The monoisotopic (exact) mass is 312 g/mol. The van der Waals surface area contributed by atoms with Crippen LogP contribution < -0.4 is 10.0 Å². The van der Waals surface area contributed by atoms with Crippen LogP contribution in [0.2, 0.25) is 0 Å². The summed E-state index contributed by atoms with van der Waals surface area (Å²) in [6.45, 7) is 4.33. The van der Waals surface area contributed by atoms with Crippen molar-refractivity contribution in [3.8, 4) is 0 Å². The van der Waals surface area contributed by atoms with Crippen LogP contribution in [0, 0.1) is 0 Å². The van der Waals surface area contributed by atoms with Crippen LogP contribution in [0.5, 0.6) is 0 Å². The summed E-state index contributed by atoms with van der Waals surface area (Å²) in [5, 5.41) is 2.64. The Hall–Kier alpha value is -1.40. The quantitative estimate of drug-likeness (QED) is 0.762. The van der Waals surface area contributed by atoms with Gasteiger partial charge in [0.25, 0.3) is 0 Å². The van der Waals surface area contributed by atoms with Gasteiger partial charge in [0.2, 0.25) is 15.9 Å². The van der Waals surface area contributed by atoms with Gasteiger partial charge in [0.15, 0.2) is 0 Å². The highest BCUT2D eigenvalue weighted by molar-refractivity contribution is 7.89. The van der Waals surface area contributed by atoms with Crippen LogP contribution in [0.3, 0.4) is 0 Å². The first-order valence-electron chi connectivity index (χ1n) is 7.00. The number of rotatable bonds is 8. The molecule has 0 aliphatic rings. The lowest BCUT2D eigenvalue weighted by Gasteiger charge is -2.25. The maximum atomic E-state index is 11.8. The number of hydrogen-bond donors (Lipinski definition) is 2. The summed E-state index contributed by atoms with van der Waals surface area (Å²) in [6.07, 6.45) is 1.09. The van der Waals surface area contributed by atoms with Crippen molar-refractivity contribution < 1.29 is 13.2 Å². The van der Waals surface area contributed by atoms with E-state index in [1.54, 1.807) is 0 Å². The Morgan fingerprint density at radius 1 is 1.19 bits per heavy atom. The highest BCUT2D eigenvalue weighted by Gasteiger charge is 2.21. The molecular weight excluding hydrogens is 288 g/mol. The fourth-order valence-electron chi connectivity index (χ4n) is 1.97. The minimum Gasteiger partial charge on any atom is -0.355 e. The van der Waals surface area contributed by atoms with Crippen molar-refractivity contribution in [3.05, 3.63) is 35.9 Å². The first kappa shape index (κ1) is 17.7. The van der Waals surface area contributed by atoms with E-state index in [-0.39, 0.29) is 23.6 Å². The molecule has 1 amide bonds. The number of sulfonamides is 1. The normalized spacial score (nSPS) is 12.1. The minimum atomic E-state index is -3.27. The highest BCUT2D eigenvalue weighted by Crippen LogP contribution is 2.27. The van der Waals surface area contributed by atoms with Crippen LogP contribution in [0.1, 0.15) is 32.3 Å². The third-order valence-electron chi connectivity index (χ3n) is 3.54. The zero-order valence-corrected chi connectivity index (χ0v) is 13.7. The Labute approximate surface area is 127 Å². The zero-order valence-electron chi connectivity index (χ0n) is 12.8. The van der Waals surface area contributed by atoms with Gasteiger partial charge in [-0.25, -0.2) is 13.1 Å². The van der Waals surface area contributed by atoms with Crippen LogP contribution in [0.15, 0.2) is 30.3 Å². The summed E-state index contributed by atoms with van der Waals surface area (Å²) in [5.41, 5.74) is 1.10. The predicted molar refractivity (Wildman–Crippen MR) is 84.6 cm³/mol. The molecule has 5 nitrogen and oxygen atoms in total. The predicted octanol–water partition coefficient (Wildman–Crippen LogP) is 1.41. The average Bonchev–Trinajstić information content (AvgIpc) is 2.46. The van der Waals surface area contributed by atoms with Gasteiger partial charge in [-0.05, 0) is 24.4 Å². The Balaban J connectivity index is 2.39. The van der Waals surface area contributed by atoms with E-state index in [4.69, 9.17) is 0 Å². The van der Waals surface area contributed by atoms with E-state index < -0.39 is 10.0 Å². The van der Waals surface area contributed by atoms with Crippen molar-refractivity contribution in [2.45, 2.75) is 32.1 Å². The van der Waals surface area contributed by atoms with Crippen LogP contribution in [0.4, 0.5) is 0 Å². The molecule has 0 fully saturated rings. The number of benzene rings is 1. The van der Waals surface area contributed by atoms with Crippen LogP contribution >= 0.6 is 0 Å². The number of carbonyl (C=O) groups is 1. The standard InChI is InChI=1S/C15H24N2O3S/c1-15(2,13-7-5-4-6-8-13)10-9-14(18)17-11-12-21(19,20)16-3/h4-8,16H,9-12H2,1-3H3,(H,17,18). The smallest absolute Gasteiger partial charge is 0.220 e. The molecule has 0 heterocycles. The Bertz CT molecular complexity index is 554. The maximum Gasteiger partial charge on any atom is 0.220 e. The third-order valence-corrected chi connectivity index (χ3v) is 4.90. The van der Waals surface area contributed by atoms with Crippen LogP contribution in [0.25, 0.3) is 0 Å². The van der Waals surface area contributed by atoms with Crippen molar-refractivity contribution >= 4 is 15.9 Å². The molecule has 1 rings (SSSR count). The first-order chi connectivity index (χ1) is 9.77. The molecule has 0 atom stereocenters. The van der Waals surface area contributed by atoms with Gasteiger partial charge in [-0.1, -0.05) is 44.2 Å². The van der Waals surface area contributed by atoms with Gasteiger partial charge >= 0.3 is 0 Å². The fourth-order valence-corrected chi connectivity index (χ4v) is 2.55. The topological polar surface area (TPSA) is 75.3 Å². The number of hydrogen-bond acceptors (Lipinski definition) is 3. The Kier molecular flexibility index (Phi) is 6.36. The lowest BCUT2D eigenvalue weighted by atomic mass is 9.80. The van der Waals surface area contributed by atoms with Gasteiger partial charge in [-0.3, -0.25) is 4.79 Å². The zero-order chi connectivity index (χ0) is 15.9. The lowest BCUT2D eigenvalue weighted by molar-refractivity contribution is -0.121. The molecule has 0 aliphatic carbocycles. The van der Waals surface area contributed by atoms with Crippen molar-refractivity contribution in [3.63, 3.8) is 0 Å². The third kappa shape index (κ3) is 6.27. The summed E-state index contributed by atoms with van der Waals surface area (Å²) >= 11 is 0. The first-order valence-corrected chi connectivity index (χ1v) is 8.65. The van der Waals surface area contributed by atoms with E-state index in [2.05, 4.69) is 36.0 Å². The molecule has 0 unspecified atom stereocenters. The van der Waals surface area contributed by atoms with Crippen LogP contribution in [-0.4, -0.2) is 33.7 Å². The highest BCUT2D eigenvalue weighted by atomic mass is 32.2. The van der Waals surface area contributed by atoms with Crippen molar-refractivity contribution in [2.24, 2.45) is 0 Å². The van der Waals surface area contributed by atoms with E-state index in [0.29, 0.717) is 12.8 Å². The second kappa shape index (κ2) is 7.56. The fraction of sp³-hybridized carbons (Fsp3) is 0.533. The molecule has 0 aromatic heterocycles. The summed E-state index contributed by atoms with van der Waals surface area (Å²) in [4.78, 5) is 11.8. The summed E-state index contributed by atoms with van der Waals surface area (Å²) in [7, 11) is -1.91. The molecule has 0 radical (unpaired) electrons. The molecule has 1 aromatic rings. The summed E-state index contributed by atoms with van der Waals surface area (Å²) in [6, 6.07) is 10.0. The molecular formula is C15H24N2O3S. The number of amides is 1. The molecule has 0 bridgehead atoms. The van der Waals surface area contributed by atoms with Gasteiger partial charge in [0.05, 0.1) is 5.75 Å². The van der Waals surface area contributed by atoms with E-state index in [9.17, 15) is 13.2 Å². The van der Waals surface area contributed by atoms with Crippen LogP contribution in [-0.2, 0) is 20.2 Å². The SMILES string of the molecule is CNS(=O)(=O)CCNC(=O)CCC(C)(C)c1ccccc1. The Morgan fingerprint density at radius 2 is 1.81 bits per heavy atom. The van der Waals surface area contributed by atoms with E-state index in [1.165, 1.54) is 12.6 Å². The maximum absolute atomic E-state index is 11.8. The van der Waals surface area contributed by atoms with Crippen molar-refractivity contribution in [2.75, 3.05) is 19.3 Å². The van der Waals surface area contributed by atoms with Gasteiger partial charge < -0.3 is 5.32 Å². The molecule has 0 aliphatic heterocycles. The van der Waals surface area contributed by atoms with Gasteiger partial charge in [0, 0.05) is 13.0 Å². The molecule has 6 heteroatoms. The molecule has 0 saturated heterocycles. The minimum absolute atomic E-state index is 0.0876. The second-order valence-electron chi connectivity index (χ2n) is 5.62. The van der Waals surface area contributed by atoms with Crippen molar-refractivity contribution in [1.29, 1.82) is 0 Å². The van der Waals surface area contributed by atoms with E-state index in [1.807, 2.05) is 18.2 Å². The molecule has 21 heavy (non-hydrogen) atoms.